The Balaban J connectivity index is 2.65. The molecule has 0 aliphatic rings. The van der Waals surface area contributed by atoms with Crippen molar-refractivity contribution in [3.63, 3.8) is 0 Å². The van der Waals surface area contributed by atoms with Crippen LogP contribution in [-0.2, 0) is 0 Å². The SMILES string of the molecule is c1ccc2c(c1)ccc1nnsc12. The number of fused-ring (bicyclic) bond motifs is 3. The van der Waals surface area contributed by atoms with Crippen molar-refractivity contribution in [3.8, 4) is 0 Å². The van der Waals surface area contributed by atoms with Crippen molar-refractivity contribution in [3.05, 3.63) is 36.4 Å². The summed E-state index contributed by atoms with van der Waals surface area (Å²) in [5.74, 6) is 0. The molecule has 0 atom stereocenters. The summed E-state index contributed by atoms with van der Waals surface area (Å²) < 4.78 is 5.12. The van der Waals surface area contributed by atoms with Gasteiger partial charge >= 0.3 is 0 Å². The fourth-order valence-electron chi connectivity index (χ4n) is 1.51. The Labute approximate surface area is 79.0 Å². The van der Waals surface area contributed by atoms with Crippen molar-refractivity contribution in [1.29, 1.82) is 0 Å². The molecule has 0 aliphatic carbocycles. The third-order valence-corrected chi connectivity index (χ3v) is 2.91. The zero-order valence-corrected chi connectivity index (χ0v) is 7.58. The van der Waals surface area contributed by atoms with Gasteiger partial charge in [-0.1, -0.05) is 34.8 Å². The molecule has 0 N–H and O–H groups in total. The highest BCUT2D eigenvalue weighted by Crippen LogP contribution is 2.25. The van der Waals surface area contributed by atoms with Gasteiger partial charge < -0.3 is 0 Å². The lowest BCUT2D eigenvalue weighted by atomic mass is 10.1. The van der Waals surface area contributed by atoms with Crippen molar-refractivity contribution in [2.45, 2.75) is 0 Å². The van der Waals surface area contributed by atoms with Gasteiger partial charge in [-0.15, -0.1) is 5.10 Å². The monoisotopic (exact) mass is 186 g/mol. The highest BCUT2D eigenvalue weighted by Gasteiger charge is 2.01. The molecule has 0 spiro atoms. The Morgan fingerprint density at radius 2 is 1.92 bits per heavy atom. The van der Waals surface area contributed by atoms with Gasteiger partial charge in [0, 0.05) is 5.39 Å². The molecule has 0 saturated carbocycles. The summed E-state index contributed by atoms with van der Waals surface area (Å²) >= 11 is 1.46. The summed E-state index contributed by atoms with van der Waals surface area (Å²) in [5, 5.41) is 6.53. The lowest BCUT2D eigenvalue weighted by molar-refractivity contribution is 1.20. The van der Waals surface area contributed by atoms with Gasteiger partial charge in [0.2, 0.25) is 0 Å². The predicted molar refractivity (Wildman–Crippen MR) is 54.9 cm³/mol. The topological polar surface area (TPSA) is 25.8 Å². The highest BCUT2D eigenvalue weighted by atomic mass is 32.1. The second-order valence-electron chi connectivity index (χ2n) is 2.91. The van der Waals surface area contributed by atoms with Crippen LogP contribution in [-0.4, -0.2) is 9.59 Å². The van der Waals surface area contributed by atoms with Gasteiger partial charge in [0.05, 0.1) is 4.70 Å². The largest absolute Gasteiger partial charge is 0.138 e. The Morgan fingerprint density at radius 1 is 1.00 bits per heavy atom. The highest BCUT2D eigenvalue weighted by molar-refractivity contribution is 7.14. The molecule has 3 rings (SSSR count). The first kappa shape index (κ1) is 6.97. The van der Waals surface area contributed by atoms with Crippen LogP contribution in [0.1, 0.15) is 0 Å². The molecule has 2 aromatic carbocycles. The summed E-state index contributed by atoms with van der Waals surface area (Å²) in [6.07, 6.45) is 0. The third kappa shape index (κ3) is 0.939. The standard InChI is InChI=1S/C10H6N2S/c1-2-4-8-7(3-1)5-6-9-10(8)13-12-11-9/h1-6H. The molecule has 13 heavy (non-hydrogen) atoms. The first-order chi connectivity index (χ1) is 6.45. The van der Waals surface area contributed by atoms with Crippen LogP contribution in [0.25, 0.3) is 21.0 Å². The quantitative estimate of drug-likeness (QED) is 0.539. The molecule has 0 saturated heterocycles. The van der Waals surface area contributed by atoms with E-state index in [0.717, 1.165) is 5.52 Å². The molecule has 0 radical (unpaired) electrons. The molecule has 2 nitrogen and oxygen atoms in total. The number of aromatic nitrogens is 2. The molecular weight excluding hydrogens is 180 g/mol. The molecule has 0 unspecified atom stereocenters. The van der Waals surface area contributed by atoms with E-state index in [1.54, 1.807) is 0 Å². The van der Waals surface area contributed by atoms with Crippen LogP contribution < -0.4 is 0 Å². The number of rotatable bonds is 0. The van der Waals surface area contributed by atoms with Crippen LogP contribution in [0.4, 0.5) is 0 Å². The molecule has 0 fully saturated rings. The lowest BCUT2D eigenvalue weighted by Gasteiger charge is -1.95. The van der Waals surface area contributed by atoms with E-state index in [1.807, 2.05) is 18.2 Å². The van der Waals surface area contributed by atoms with Crippen molar-refractivity contribution in [1.82, 2.24) is 9.59 Å². The molecule has 0 amide bonds. The number of benzene rings is 2. The Hall–Kier alpha value is -1.48. The van der Waals surface area contributed by atoms with Gasteiger partial charge in [-0.05, 0) is 23.0 Å². The summed E-state index contributed by atoms with van der Waals surface area (Å²) in [5.41, 5.74) is 0.990. The van der Waals surface area contributed by atoms with Gasteiger partial charge in [0.15, 0.2) is 0 Å². The second kappa shape index (κ2) is 2.50. The van der Waals surface area contributed by atoms with Crippen LogP contribution in [0.15, 0.2) is 36.4 Å². The van der Waals surface area contributed by atoms with Crippen LogP contribution in [0.5, 0.6) is 0 Å². The van der Waals surface area contributed by atoms with Gasteiger partial charge in [-0.25, -0.2) is 0 Å². The van der Waals surface area contributed by atoms with Gasteiger partial charge in [-0.2, -0.15) is 0 Å². The summed E-state index contributed by atoms with van der Waals surface area (Å²) in [4.78, 5) is 0. The number of hydrogen-bond acceptors (Lipinski definition) is 3. The van der Waals surface area contributed by atoms with Crippen LogP contribution >= 0.6 is 11.5 Å². The van der Waals surface area contributed by atoms with E-state index < -0.39 is 0 Å². The molecule has 0 bridgehead atoms. The fourth-order valence-corrected chi connectivity index (χ4v) is 2.21. The van der Waals surface area contributed by atoms with Crippen LogP contribution in [0.3, 0.4) is 0 Å². The van der Waals surface area contributed by atoms with E-state index in [0.29, 0.717) is 0 Å². The predicted octanol–water partition coefficient (Wildman–Crippen LogP) is 2.84. The maximum atomic E-state index is 4.04. The van der Waals surface area contributed by atoms with Crippen LogP contribution in [0, 0.1) is 0 Å². The third-order valence-electron chi connectivity index (χ3n) is 2.14. The maximum Gasteiger partial charge on any atom is 0.106 e. The first-order valence-corrected chi connectivity index (χ1v) is 4.82. The Bertz CT molecular complexity index is 571. The smallest absolute Gasteiger partial charge is 0.106 e. The molecule has 3 aromatic rings. The summed E-state index contributed by atoms with van der Waals surface area (Å²) in [6, 6.07) is 12.4. The summed E-state index contributed by atoms with van der Waals surface area (Å²) in [7, 11) is 0. The van der Waals surface area contributed by atoms with Gasteiger partial charge in [0.25, 0.3) is 0 Å². The number of hydrogen-bond donors (Lipinski definition) is 0. The lowest BCUT2D eigenvalue weighted by Crippen LogP contribution is -1.72. The molecular formula is C10H6N2S. The van der Waals surface area contributed by atoms with Gasteiger partial charge in [-0.3, -0.25) is 0 Å². The molecule has 0 aliphatic heterocycles. The minimum Gasteiger partial charge on any atom is -0.138 e. The zero-order chi connectivity index (χ0) is 8.67. The summed E-state index contributed by atoms with van der Waals surface area (Å²) in [6.45, 7) is 0. The zero-order valence-electron chi connectivity index (χ0n) is 6.77. The van der Waals surface area contributed by atoms with E-state index in [4.69, 9.17) is 0 Å². The van der Waals surface area contributed by atoms with Crippen molar-refractivity contribution >= 4 is 32.5 Å². The van der Waals surface area contributed by atoms with Crippen molar-refractivity contribution < 1.29 is 0 Å². The van der Waals surface area contributed by atoms with Crippen LogP contribution in [0.2, 0.25) is 0 Å². The average molecular weight is 186 g/mol. The minimum absolute atomic E-state index is 0.990. The fraction of sp³-hybridized carbons (Fsp3) is 0. The number of nitrogens with zero attached hydrogens (tertiary/aromatic N) is 2. The molecule has 3 heteroatoms. The molecule has 1 aromatic heterocycles. The van der Waals surface area contributed by atoms with E-state index in [9.17, 15) is 0 Å². The Kier molecular flexibility index (Phi) is 1.34. The average Bonchev–Trinajstić information content (AvgIpc) is 2.65. The Morgan fingerprint density at radius 3 is 2.92 bits per heavy atom. The molecule has 1 heterocycles. The van der Waals surface area contributed by atoms with E-state index >= 15 is 0 Å². The van der Waals surface area contributed by atoms with E-state index in [1.165, 1.54) is 27.0 Å². The maximum absolute atomic E-state index is 4.04. The normalized spacial score (nSPS) is 11.1. The molecule has 62 valence electrons. The van der Waals surface area contributed by atoms with Crippen molar-refractivity contribution in [2.75, 3.05) is 0 Å². The van der Waals surface area contributed by atoms with Crippen molar-refractivity contribution in [2.24, 2.45) is 0 Å². The van der Waals surface area contributed by atoms with E-state index in [-0.39, 0.29) is 0 Å². The van der Waals surface area contributed by atoms with Gasteiger partial charge in [0.1, 0.15) is 5.52 Å². The second-order valence-corrected chi connectivity index (χ2v) is 3.66. The van der Waals surface area contributed by atoms with E-state index in [2.05, 4.69) is 27.8 Å². The minimum atomic E-state index is 0.990. The first-order valence-electron chi connectivity index (χ1n) is 4.05.